The first-order chi connectivity index (χ1) is 12.9. The maximum absolute atomic E-state index is 4.52. The summed E-state index contributed by atoms with van der Waals surface area (Å²) in [7, 11) is 6.13. The lowest BCUT2D eigenvalue weighted by Crippen LogP contribution is -2.44. The number of aryl methyl sites for hydroxylation is 2. The van der Waals surface area contributed by atoms with Crippen molar-refractivity contribution in [1.29, 1.82) is 0 Å². The Morgan fingerprint density at radius 1 is 1.30 bits per heavy atom. The van der Waals surface area contributed by atoms with Crippen LogP contribution in [0.5, 0.6) is 0 Å². The second kappa shape index (κ2) is 10.7. The molecule has 0 spiro atoms. The highest BCUT2D eigenvalue weighted by Gasteiger charge is 2.17. The molecule has 1 unspecified atom stereocenters. The van der Waals surface area contributed by atoms with Gasteiger partial charge in [0.2, 0.25) is 0 Å². The molecule has 1 atom stereocenters. The van der Waals surface area contributed by atoms with Crippen molar-refractivity contribution in [2.45, 2.75) is 77.8 Å². The fourth-order valence-corrected chi connectivity index (χ4v) is 4.14. The van der Waals surface area contributed by atoms with Gasteiger partial charge in [-0.05, 0) is 65.6 Å². The molecule has 0 saturated heterocycles. The molecule has 1 aromatic rings. The van der Waals surface area contributed by atoms with Gasteiger partial charge in [0.25, 0.3) is 0 Å². The third-order valence-electron chi connectivity index (χ3n) is 5.95. The predicted molar refractivity (Wildman–Crippen MR) is 114 cm³/mol. The molecule has 2 rings (SSSR count). The summed E-state index contributed by atoms with van der Waals surface area (Å²) in [6.45, 7) is 8.53. The molecular formula is C21H40N6. The predicted octanol–water partition coefficient (Wildman–Crippen LogP) is 2.79. The van der Waals surface area contributed by atoms with E-state index in [9.17, 15) is 0 Å². The number of guanidine groups is 1. The molecule has 1 aromatic heterocycles. The minimum Gasteiger partial charge on any atom is -0.356 e. The van der Waals surface area contributed by atoms with Gasteiger partial charge in [-0.2, -0.15) is 5.10 Å². The molecule has 0 amide bonds. The lowest BCUT2D eigenvalue weighted by Gasteiger charge is -2.31. The minimum absolute atomic E-state index is 0.308. The van der Waals surface area contributed by atoms with Crippen LogP contribution in [0.3, 0.4) is 0 Å². The van der Waals surface area contributed by atoms with E-state index in [0.29, 0.717) is 6.04 Å². The molecule has 6 heteroatoms. The summed E-state index contributed by atoms with van der Waals surface area (Å²) in [5.74, 6) is 0.891. The topological polar surface area (TPSA) is 57.5 Å². The molecule has 0 aromatic carbocycles. The highest BCUT2D eigenvalue weighted by molar-refractivity contribution is 5.79. The van der Waals surface area contributed by atoms with E-state index in [-0.39, 0.29) is 0 Å². The second-order valence-electron chi connectivity index (χ2n) is 8.15. The lowest BCUT2D eigenvalue weighted by molar-refractivity contribution is 0.190. The van der Waals surface area contributed by atoms with E-state index in [1.165, 1.54) is 43.4 Å². The molecule has 1 fully saturated rings. The molecule has 1 aliphatic rings. The summed E-state index contributed by atoms with van der Waals surface area (Å²) in [5.41, 5.74) is 3.70. The van der Waals surface area contributed by atoms with Crippen molar-refractivity contribution in [2.24, 2.45) is 12.0 Å². The van der Waals surface area contributed by atoms with E-state index in [2.05, 4.69) is 53.4 Å². The van der Waals surface area contributed by atoms with Gasteiger partial charge in [0, 0.05) is 38.4 Å². The van der Waals surface area contributed by atoms with Crippen LogP contribution < -0.4 is 10.6 Å². The maximum atomic E-state index is 4.52. The van der Waals surface area contributed by atoms with Crippen LogP contribution in [0, 0.1) is 13.8 Å². The number of hydrogen-bond acceptors (Lipinski definition) is 3. The SMILES string of the molecule is CN=C(NCCCN(C)C1CCCCC1)NC(C)Cc1c(C)nn(C)c1C. The van der Waals surface area contributed by atoms with Crippen LogP contribution >= 0.6 is 0 Å². The Kier molecular flexibility index (Phi) is 8.61. The van der Waals surface area contributed by atoms with Crippen LogP contribution in [0.15, 0.2) is 4.99 Å². The van der Waals surface area contributed by atoms with Crippen molar-refractivity contribution < 1.29 is 0 Å². The van der Waals surface area contributed by atoms with Crippen LogP contribution in [0.4, 0.5) is 0 Å². The summed E-state index contributed by atoms with van der Waals surface area (Å²) in [5, 5.41) is 11.5. The number of aliphatic imine (C=N–C) groups is 1. The third-order valence-corrected chi connectivity index (χ3v) is 5.95. The highest BCUT2D eigenvalue weighted by atomic mass is 15.3. The summed E-state index contributed by atoms with van der Waals surface area (Å²) < 4.78 is 1.97. The largest absolute Gasteiger partial charge is 0.356 e. The monoisotopic (exact) mass is 376 g/mol. The first kappa shape index (κ1) is 21.7. The minimum atomic E-state index is 0.308. The smallest absolute Gasteiger partial charge is 0.191 e. The van der Waals surface area contributed by atoms with Crippen molar-refractivity contribution in [3.63, 3.8) is 0 Å². The van der Waals surface area contributed by atoms with Crippen molar-refractivity contribution in [3.05, 3.63) is 17.0 Å². The summed E-state index contributed by atoms with van der Waals surface area (Å²) >= 11 is 0. The fourth-order valence-electron chi connectivity index (χ4n) is 4.14. The van der Waals surface area contributed by atoms with E-state index < -0.39 is 0 Å². The zero-order valence-corrected chi connectivity index (χ0v) is 18.3. The summed E-state index contributed by atoms with van der Waals surface area (Å²) in [4.78, 5) is 6.94. The van der Waals surface area contributed by atoms with Gasteiger partial charge in [0.15, 0.2) is 5.96 Å². The van der Waals surface area contributed by atoms with Crippen molar-refractivity contribution >= 4 is 5.96 Å². The van der Waals surface area contributed by atoms with Crippen LogP contribution in [0.2, 0.25) is 0 Å². The van der Waals surface area contributed by atoms with E-state index in [1.807, 2.05) is 18.8 Å². The first-order valence-corrected chi connectivity index (χ1v) is 10.6. The zero-order valence-electron chi connectivity index (χ0n) is 18.3. The van der Waals surface area contributed by atoms with E-state index in [1.54, 1.807) is 0 Å². The van der Waals surface area contributed by atoms with Crippen molar-refractivity contribution in [1.82, 2.24) is 25.3 Å². The molecule has 1 heterocycles. The molecule has 0 aliphatic heterocycles. The molecule has 2 N–H and O–H groups in total. The normalized spacial score (nSPS) is 17.4. The van der Waals surface area contributed by atoms with Gasteiger partial charge >= 0.3 is 0 Å². The molecular weight excluding hydrogens is 336 g/mol. The first-order valence-electron chi connectivity index (χ1n) is 10.6. The Labute approximate surface area is 165 Å². The van der Waals surface area contributed by atoms with Gasteiger partial charge in [-0.25, -0.2) is 0 Å². The maximum Gasteiger partial charge on any atom is 0.191 e. The highest BCUT2D eigenvalue weighted by Crippen LogP contribution is 2.21. The Bertz CT molecular complexity index is 600. The van der Waals surface area contributed by atoms with E-state index in [0.717, 1.165) is 43.6 Å². The standard InChI is InChI=1S/C21H40N6/c1-16(15-20-17(2)25-27(6)18(20)3)24-21(22-4)23-13-10-14-26(5)19-11-8-7-9-12-19/h16,19H,7-15H2,1-6H3,(H2,22,23,24). The average Bonchev–Trinajstić information content (AvgIpc) is 2.90. The molecule has 154 valence electrons. The van der Waals surface area contributed by atoms with Crippen molar-refractivity contribution in [2.75, 3.05) is 27.2 Å². The van der Waals surface area contributed by atoms with Gasteiger partial charge in [0.05, 0.1) is 5.69 Å². The van der Waals surface area contributed by atoms with E-state index >= 15 is 0 Å². The summed E-state index contributed by atoms with van der Waals surface area (Å²) in [6.07, 6.45) is 9.06. The van der Waals surface area contributed by atoms with Crippen LogP contribution in [-0.4, -0.2) is 59.9 Å². The lowest BCUT2D eigenvalue weighted by atomic mass is 9.94. The van der Waals surface area contributed by atoms with E-state index in [4.69, 9.17) is 0 Å². The average molecular weight is 377 g/mol. The van der Waals surface area contributed by atoms with Gasteiger partial charge in [-0.1, -0.05) is 19.3 Å². The Morgan fingerprint density at radius 2 is 2.00 bits per heavy atom. The molecule has 27 heavy (non-hydrogen) atoms. The summed E-state index contributed by atoms with van der Waals surface area (Å²) in [6, 6.07) is 1.10. The second-order valence-corrected chi connectivity index (χ2v) is 8.15. The Balaban J connectivity index is 1.70. The Hall–Kier alpha value is -1.56. The molecule has 1 aliphatic carbocycles. The van der Waals surface area contributed by atoms with Crippen LogP contribution in [0.25, 0.3) is 0 Å². The molecule has 6 nitrogen and oxygen atoms in total. The molecule has 0 radical (unpaired) electrons. The van der Waals surface area contributed by atoms with Gasteiger partial charge in [0.1, 0.15) is 0 Å². The number of rotatable bonds is 8. The Morgan fingerprint density at radius 3 is 2.59 bits per heavy atom. The quantitative estimate of drug-likeness (QED) is 0.416. The van der Waals surface area contributed by atoms with Crippen molar-refractivity contribution in [3.8, 4) is 0 Å². The number of nitrogens with one attached hydrogen (secondary N) is 2. The number of nitrogens with zero attached hydrogens (tertiary/aromatic N) is 4. The van der Waals surface area contributed by atoms with Gasteiger partial charge in [-0.15, -0.1) is 0 Å². The van der Waals surface area contributed by atoms with Gasteiger partial charge < -0.3 is 15.5 Å². The van der Waals surface area contributed by atoms with Crippen LogP contribution in [-0.2, 0) is 13.5 Å². The number of hydrogen-bond donors (Lipinski definition) is 2. The zero-order chi connectivity index (χ0) is 19.8. The van der Waals surface area contributed by atoms with Crippen LogP contribution in [0.1, 0.15) is 62.4 Å². The molecule has 0 bridgehead atoms. The molecule has 1 saturated carbocycles. The fraction of sp³-hybridized carbons (Fsp3) is 0.810. The number of aromatic nitrogens is 2. The van der Waals surface area contributed by atoms with Gasteiger partial charge in [-0.3, -0.25) is 9.67 Å². The third kappa shape index (κ3) is 6.52.